The highest BCUT2D eigenvalue weighted by Crippen LogP contribution is 2.33. The van der Waals surface area contributed by atoms with E-state index in [-0.39, 0.29) is 11.8 Å². The van der Waals surface area contributed by atoms with Gasteiger partial charge in [0.15, 0.2) is 0 Å². The highest BCUT2D eigenvalue weighted by Gasteiger charge is 2.29. The summed E-state index contributed by atoms with van der Waals surface area (Å²) in [6.07, 6.45) is 5.34. The number of pyridine rings is 1. The van der Waals surface area contributed by atoms with Gasteiger partial charge in [-0.05, 0) is 45.2 Å². The fraction of sp³-hybridized carbons (Fsp3) is 0.429. The summed E-state index contributed by atoms with van der Waals surface area (Å²) in [5.74, 6) is 2.43. The van der Waals surface area contributed by atoms with Crippen LogP contribution in [0, 0.1) is 26.7 Å². The van der Waals surface area contributed by atoms with Gasteiger partial charge in [0, 0.05) is 37.6 Å². The number of aromatic nitrogens is 3. The zero-order valence-corrected chi connectivity index (χ0v) is 16.5. The first-order valence-corrected chi connectivity index (χ1v) is 9.69. The number of carbonyl (C=O) groups excluding carboxylic acids is 1. The first-order valence-electron chi connectivity index (χ1n) is 9.69. The Balaban J connectivity index is 1.52. The van der Waals surface area contributed by atoms with Gasteiger partial charge in [-0.15, -0.1) is 0 Å². The molecule has 3 aromatic heterocycles. The summed E-state index contributed by atoms with van der Waals surface area (Å²) in [4.78, 5) is 28.2. The maximum atomic E-state index is 12.7. The number of piperidine rings is 1. The number of nitrogens with one attached hydrogen (secondary N) is 1. The number of aryl methyl sites for hydroxylation is 3. The normalized spacial score (nSPS) is 17.1. The van der Waals surface area contributed by atoms with Crippen molar-refractivity contribution < 1.29 is 9.21 Å². The van der Waals surface area contributed by atoms with Crippen molar-refractivity contribution in [1.82, 2.24) is 20.3 Å². The van der Waals surface area contributed by atoms with Crippen molar-refractivity contribution in [3.05, 3.63) is 47.2 Å². The van der Waals surface area contributed by atoms with E-state index in [1.165, 1.54) is 0 Å². The molecule has 4 rings (SSSR count). The Morgan fingerprint density at radius 1 is 1.32 bits per heavy atom. The molecule has 0 aromatic carbocycles. The Bertz CT molecular complexity index is 999. The lowest BCUT2D eigenvalue weighted by Gasteiger charge is -2.33. The maximum absolute atomic E-state index is 12.7. The fourth-order valence-electron chi connectivity index (χ4n) is 3.78. The van der Waals surface area contributed by atoms with E-state index >= 15 is 0 Å². The van der Waals surface area contributed by atoms with Gasteiger partial charge in [-0.2, -0.15) is 4.98 Å². The largest absolute Gasteiger partial charge is 0.443 e. The summed E-state index contributed by atoms with van der Waals surface area (Å²) in [6.45, 7) is 7.88. The van der Waals surface area contributed by atoms with Crippen LogP contribution < -0.4 is 10.2 Å². The molecular formula is C21H25N5O2. The highest BCUT2D eigenvalue weighted by atomic mass is 16.3. The second kappa shape index (κ2) is 7.58. The predicted octanol–water partition coefficient (Wildman–Crippen LogP) is 3.08. The van der Waals surface area contributed by atoms with E-state index in [0.717, 1.165) is 47.5 Å². The van der Waals surface area contributed by atoms with Gasteiger partial charge in [-0.3, -0.25) is 9.78 Å². The van der Waals surface area contributed by atoms with Crippen LogP contribution in [0.15, 0.2) is 28.9 Å². The molecule has 0 spiro atoms. The maximum Gasteiger partial charge on any atom is 0.231 e. The van der Waals surface area contributed by atoms with Gasteiger partial charge in [0.05, 0.1) is 11.3 Å². The number of fused-ring (bicyclic) bond motifs is 1. The van der Waals surface area contributed by atoms with Crippen molar-refractivity contribution in [2.75, 3.05) is 18.0 Å². The van der Waals surface area contributed by atoms with E-state index in [0.29, 0.717) is 24.6 Å². The summed E-state index contributed by atoms with van der Waals surface area (Å²) >= 11 is 0. The van der Waals surface area contributed by atoms with E-state index < -0.39 is 0 Å². The van der Waals surface area contributed by atoms with E-state index in [1.54, 1.807) is 12.4 Å². The van der Waals surface area contributed by atoms with Crippen molar-refractivity contribution in [2.24, 2.45) is 5.92 Å². The number of hydrogen-bond acceptors (Lipinski definition) is 6. The van der Waals surface area contributed by atoms with E-state index in [9.17, 15) is 4.79 Å². The number of carbonyl (C=O) groups is 1. The molecule has 0 bridgehead atoms. The quantitative estimate of drug-likeness (QED) is 0.750. The third-order valence-corrected chi connectivity index (χ3v) is 5.40. The van der Waals surface area contributed by atoms with Crippen LogP contribution >= 0.6 is 0 Å². The van der Waals surface area contributed by atoms with Crippen LogP contribution in [0.3, 0.4) is 0 Å². The molecular weight excluding hydrogens is 354 g/mol. The van der Waals surface area contributed by atoms with Crippen LogP contribution in [-0.2, 0) is 11.3 Å². The Hall–Kier alpha value is -2.96. The third kappa shape index (κ3) is 3.56. The minimum absolute atomic E-state index is 0.0657. The van der Waals surface area contributed by atoms with E-state index in [4.69, 9.17) is 9.40 Å². The molecule has 1 fully saturated rings. The fourth-order valence-corrected chi connectivity index (χ4v) is 3.78. The summed E-state index contributed by atoms with van der Waals surface area (Å²) in [7, 11) is 0. The summed E-state index contributed by atoms with van der Waals surface area (Å²) in [5.41, 5.74) is 2.69. The van der Waals surface area contributed by atoms with Gasteiger partial charge in [0.2, 0.25) is 11.6 Å². The minimum Gasteiger partial charge on any atom is -0.443 e. The molecule has 28 heavy (non-hydrogen) atoms. The highest BCUT2D eigenvalue weighted by molar-refractivity contribution is 5.90. The van der Waals surface area contributed by atoms with Crippen LogP contribution in [0.1, 0.15) is 35.6 Å². The molecule has 1 N–H and O–H groups in total. The SMILES string of the molecule is Cc1nc(N2CCC[C@H](C(=O)NCc3cccnc3)C2)c2c(C)c(C)oc2n1. The average molecular weight is 379 g/mol. The molecule has 146 valence electrons. The van der Waals surface area contributed by atoms with E-state index in [1.807, 2.05) is 32.9 Å². The van der Waals surface area contributed by atoms with Crippen LogP contribution in [0.5, 0.6) is 0 Å². The molecule has 1 atom stereocenters. The van der Waals surface area contributed by atoms with Gasteiger partial charge in [-0.1, -0.05) is 6.07 Å². The molecule has 0 unspecified atom stereocenters. The summed E-state index contributed by atoms with van der Waals surface area (Å²) in [6, 6.07) is 3.84. The molecule has 1 saturated heterocycles. The molecule has 0 aliphatic carbocycles. The lowest BCUT2D eigenvalue weighted by Crippen LogP contribution is -2.43. The number of rotatable bonds is 4. The zero-order valence-electron chi connectivity index (χ0n) is 16.5. The molecule has 1 aliphatic rings. The van der Waals surface area contributed by atoms with Crippen molar-refractivity contribution in [2.45, 2.75) is 40.2 Å². The Labute approximate surface area is 164 Å². The molecule has 3 aromatic rings. The second-order valence-corrected chi connectivity index (χ2v) is 7.42. The average Bonchev–Trinajstić information content (AvgIpc) is 3.00. The molecule has 0 radical (unpaired) electrons. The molecule has 4 heterocycles. The standard InChI is InChI=1S/C21H25N5O2/c1-13-14(2)28-21-18(13)19(24-15(3)25-21)26-9-5-7-17(12-26)20(27)23-11-16-6-4-8-22-10-16/h4,6,8,10,17H,5,7,9,11-12H2,1-3H3,(H,23,27)/t17-/m0/s1. The summed E-state index contributed by atoms with van der Waals surface area (Å²) in [5, 5.41) is 4.01. The lowest BCUT2D eigenvalue weighted by molar-refractivity contribution is -0.125. The Kier molecular flexibility index (Phi) is 4.98. The number of anilines is 1. The van der Waals surface area contributed by atoms with Crippen LogP contribution in [0.25, 0.3) is 11.1 Å². The van der Waals surface area contributed by atoms with Gasteiger partial charge in [0.25, 0.3) is 0 Å². The Morgan fingerprint density at radius 3 is 2.96 bits per heavy atom. The molecule has 1 aliphatic heterocycles. The van der Waals surface area contributed by atoms with Crippen LogP contribution in [0.2, 0.25) is 0 Å². The monoisotopic (exact) mass is 379 g/mol. The lowest BCUT2D eigenvalue weighted by atomic mass is 9.96. The Morgan fingerprint density at radius 2 is 2.18 bits per heavy atom. The molecule has 7 heteroatoms. The molecule has 1 amide bonds. The topological polar surface area (TPSA) is 84.2 Å². The summed E-state index contributed by atoms with van der Waals surface area (Å²) < 4.78 is 5.81. The van der Waals surface area contributed by atoms with Gasteiger partial charge in [0.1, 0.15) is 17.4 Å². The van der Waals surface area contributed by atoms with Crippen molar-refractivity contribution in [3.63, 3.8) is 0 Å². The number of furan rings is 1. The number of nitrogens with zero attached hydrogens (tertiary/aromatic N) is 4. The third-order valence-electron chi connectivity index (χ3n) is 5.40. The number of hydrogen-bond donors (Lipinski definition) is 1. The molecule has 7 nitrogen and oxygen atoms in total. The molecule has 0 saturated carbocycles. The first-order chi connectivity index (χ1) is 13.5. The van der Waals surface area contributed by atoms with Gasteiger partial charge in [-0.25, -0.2) is 4.98 Å². The van der Waals surface area contributed by atoms with Crippen molar-refractivity contribution in [3.8, 4) is 0 Å². The number of amides is 1. The second-order valence-electron chi connectivity index (χ2n) is 7.42. The predicted molar refractivity (Wildman–Crippen MR) is 107 cm³/mol. The van der Waals surface area contributed by atoms with E-state index in [2.05, 4.69) is 20.2 Å². The van der Waals surface area contributed by atoms with Crippen LogP contribution in [0.4, 0.5) is 5.82 Å². The van der Waals surface area contributed by atoms with Crippen molar-refractivity contribution >= 4 is 22.8 Å². The smallest absolute Gasteiger partial charge is 0.231 e. The zero-order chi connectivity index (χ0) is 19.7. The van der Waals surface area contributed by atoms with Crippen molar-refractivity contribution in [1.29, 1.82) is 0 Å². The first kappa shape index (κ1) is 18.4. The minimum atomic E-state index is -0.0657. The van der Waals surface area contributed by atoms with Gasteiger partial charge >= 0.3 is 0 Å². The van der Waals surface area contributed by atoms with Gasteiger partial charge < -0.3 is 14.6 Å². The van der Waals surface area contributed by atoms with Crippen LogP contribution in [-0.4, -0.2) is 33.9 Å².